The van der Waals surface area contributed by atoms with E-state index in [9.17, 15) is 15.0 Å². The number of hydrogen-bond donors (Lipinski definition) is 3. The normalized spacial score (nSPS) is 12.1. The van der Waals surface area contributed by atoms with Gasteiger partial charge in [0.15, 0.2) is 0 Å². The molecule has 6 nitrogen and oxygen atoms in total. The van der Waals surface area contributed by atoms with Crippen molar-refractivity contribution < 1.29 is 15.0 Å². The molecule has 6 heteroatoms. The lowest BCUT2D eigenvalue weighted by Crippen LogP contribution is -2.53. The fourth-order valence-corrected chi connectivity index (χ4v) is 1.93. The minimum Gasteiger partial charge on any atom is -0.394 e. The van der Waals surface area contributed by atoms with Crippen molar-refractivity contribution in [2.45, 2.75) is 32.7 Å². The Kier molecular flexibility index (Phi) is 5.47. The predicted octanol–water partition coefficient (Wildman–Crippen LogP) is 0.300. The second kappa shape index (κ2) is 6.67. The van der Waals surface area contributed by atoms with Crippen LogP contribution in [0.15, 0.2) is 6.08 Å². The SMILES string of the molecule is CCC(CO)(CO)NC(=O)/C=C/c1c(C)nn(C)c1C. The third-order valence-electron chi connectivity index (χ3n) is 3.64. The fraction of sp³-hybridized carbons (Fsp3) is 0.571. The summed E-state index contributed by atoms with van der Waals surface area (Å²) in [6, 6.07) is 0. The van der Waals surface area contributed by atoms with Crippen LogP contribution in [0.2, 0.25) is 0 Å². The summed E-state index contributed by atoms with van der Waals surface area (Å²) in [5.41, 5.74) is 1.75. The number of carbonyl (C=O) groups is 1. The van der Waals surface area contributed by atoms with Gasteiger partial charge in [-0.1, -0.05) is 6.92 Å². The van der Waals surface area contributed by atoms with Crippen LogP contribution < -0.4 is 5.32 Å². The number of aliphatic hydroxyl groups excluding tert-OH is 2. The number of rotatable bonds is 6. The molecule has 0 radical (unpaired) electrons. The van der Waals surface area contributed by atoms with Gasteiger partial charge in [-0.2, -0.15) is 5.10 Å². The molecule has 1 aromatic rings. The van der Waals surface area contributed by atoms with Gasteiger partial charge in [0, 0.05) is 24.4 Å². The highest BCUT2D eigenvalue weighted by atomic mass is 16.3. The van der Waals surface area contributed by atoms with E-state index in [1.54, 1.807) is 17.7 Å². The highest BCUT2D eigenvalue weighted by molar-refractivity contribution is 5.92. The van der Waals surface area contributed by atoms with Gasteiger partial charge in [0.25, 0.3) is 0 Å². The van der Waals surface area contributed by atoms with E-state index in [0.717, 1.165) is 17.0 Å². The molecule has 0 bridgehead atoms. The Hall–Kier alpha value is -1.66. The largest absolute Gasteiger partial charge is 0.394 e. The van der Waals surface area contributed by atoms with E-state index < -0.39 is 5.54 Å². The lowest BCUT2D eigenvalue weighted by atomic mass is 9.98. The molecular weight excluding hydrogens is 258 g/mol. The molecule has 20 heavy (non-hydrogen) atoms. The monoisotopic (exact) mass is 281 g/mol. The molecule has 0 aliphatic heterocycles. The maximum atomic E-state index is 11.9. The number of nitrogens with zero attached hydrogens (tertiary/aromatic N) is 2. The van der Waals surface area contributed by atoms with Crippen molar-refractivity contribution in [3.63, 3.8) is 0 Å². The Balaban J connectivity index is 2.83. The van der Waals surface area contributed by atoms with Crippen LogP contribution in [0.4, 0.5) is 0 Å². The van der Waals surface area contributed by atoms with Crippen molar-refractivity contribution in [2.24, 2.45) is 7.05 Å². The average molecular weight is 281 g/mol. The van der Waals surface area contributed by atoms with Gasteiger partial charge in [0.2, 0.25) is 5.91 Å². The van der Waals surface area contributed by atoms with Crippen LogP contribution in [0.5, 0.6) is 0 Å². The summed E-state index contributed by atoms with van der Waals surface area (Å²) in [4.78, 5) is 11.9. The molecule has 0 spiro atoms. The Morgan fingerprint density at radius 1 is 1.40 bits per heavy atom. The number of hydrogen-bond acceptors (Lipinski definition) is 4. The van der Waals surface area contributed by atoms with Gasteiger partial charge in [-0.05, 0) is 26.3 Å². The van der Waals surface area contributed by atoms with Crippen LogP contribution in [0.1, 0.15) is 30.3 Å². The number of carbonyl (C=O) groups excluding carboxylic acids is 1. The average Bonchev–Trinajstić information content (AvgIpc) is 2.68. The third-order valence-corrected chi connectivity index (χ3v) is 3.64. The molecule has 0 aliphatic rings. The molecule has 112 valence electrons. The van der Waals surface area contributed by atoms with E-state index in [4.69, 9.17) is 0 Å². The second-order valence-electron chi connectivity index (χ2n) is 4.98. The zero-order valence-corrected chi connectivity index (χ0v) is 12.5. The quantitative estimate of drug-likeness (QED) is 0.654. The molecule has 1 amide bonds. The molecule has 0 saturated heterocycles. The molecule has 1 rings (SSSR count). The van der Waals surface area contributed by atoms with Gasteiger partial charge in [0.05, 0.1) is 24.4 Å². The predicted molar refractivity (Wildman–Crippen MR) is 77.1 cm³/mol. The second-order valence-corrected chi connectivity index (χ2v) is 4.98. The van der Waals surface area contributed by atoms with Crippen molar-refractivity contribution in [1.29, 1.82) is 0 Å². The molecule has 0 aromatic carbocycles. The lowest BCUT2D eigenvalue weighted by molar-refractivity contribution is -0.119. The topological polar surface area (TPSA) is 87.4 Å². The first-order valence-electron chi connectivity index (χ1n) is 6.61. The minimum absolute atomic E-state index is 0.301. The van der Waals surface area contributed by atoms with E-state index in [2.05, 4.69) is 10.4 Å². The van der Waals surface area contributed by atoms with Crippen molar-refractivity contribution >= 4 is 12.0 Å². The van der Waals surface area contributed by atoms with Crippen molar-refractivity contribution in [2.75, 3.05) is 13.2 Å². The molecule has 0 fully saturated rings. The first-order chi connectivity index (χ1) is 9.39. The molecule has 0 aliphatic carbocycles. The van der Waals surface area contributed by atoms with Crippen molar-refractivity contribution in [3.05, 3.63) is 23.0 Å². The maximum Gasteiger partial charge on any atom is 0.244 e. The standard InChI is InChI=1S/C14H23N3O3/c1-5-14(8-18,9-19)15-13(20)7-6-12-10(2)16-17(4)11(12)3/h6-7,18-19H,5,8-9H2,1-4H3,(H,15,20)/b7-6+. The van der Waals surface area contributed by atoms with Gasteiger partial charge < -0.3 is 15.5 Å². The van der Waals surface area contributed by atoms with Crippen LogP contribution in [-0.2, 0) is 11.8 Å². The number of nitrogens with one attached hydrogen (secondary N) is 1. The third kappa shape index (κ3) is 3.46. The lowest BCUT2D eigenvalue weighted by Gasteiger charge is -2.29. The Labute approximate surface area is 119 Å². The summed E-state index contributed by atoms with van der Waals surface area (Å²) in [7, 11) is 1.85. The molecular formula is C14H23N3O3. The van der Waals surface area contributed by atoms with Gasteiger partial charge in [-0.3, -0.25) is 9.48 Å². The Bertz CT molecular complexity index is 494. The van der Waals surface area contributed by atoms with Crippen LogP contribution in [-0.4, -0.2) is 44.7 Å². The van der Waals surface area contributed by atoms with E-state index in [0.29, 0.717) is 6.42 Å². The number of aliphatic hydroxyl groups is 2. The fourth-order valence-electron chi connectivity index (χ4n) is 1.93. The summed E-state index contributed by atoms with van der Waals surface area (Å²) in [5.74, 6) is -0.349. The molecule has 0 saturated carbocycles. The van der Waals surface area contributed by atoms with Gasteiger partial charge >= 0.3 is 0 Å². The maximum absolute atomic E-state index is 11.9. The molecule has 1 aromatic heterocycles. The Morgan fingerprint density at radius 2 is 2.00 bits per heavy atom. The number of aryl methyl sites for hydroxylation is 2. The van der Waals surface area contributed by atoms with E-state index in [-0.39, 0.29) is 19.1 Å². The van der Waals surface area contributed by atoms with E-state index in [1.807, 2.05) is 20.9 Å². The number of aromatic nitrogens is 2. The van der Waals surface area contributed by atoms with Crippen LogP contribution in [0.25, 0.3) is 6.08 Å². The summed E-state index contributed by atoms with van der Waals surface area (Å²) in [5, 5.41) is 25.5. The Morgan fingerprint density at radius 3 is 2.40 bits per heavy atom. The number of amides is 1. The summed E-state index contributed by atoms with van der Waals surface area (Å²) in [6.07, 6.45) is 3.54. The zero-order valence-electron chi connectivity index (χ0n) is 12.5. The molecule has 1 heterocycles. The van der Waals surface area contributed by atoms with Crippen molar-refractivity contribution in [3.8, 4) is 0 Å². The first-order valence-corrected chi connectivity index (χ1v) is 6.61. The summed E-state index contributed by atoms with van der Waals surface area (Å²) >= 11 is 0. The van der Waals surface area contributed by atoms with Gasteiger partial charge in [-0.25, -0.2) is 0 Å². The van der Waals surface area contributed by atoms with E-state index >= 15 is 0 Å². The first kappa shape index (κ1) is 16.4. The van der Waals surface area contributed by atoms with Gasteiger partial charge in [-0.15, -0.1) is 0 Å². The molecule has 3 N–H and O–H groups in total. The van der Waals surface area contributed by atoms with Crippen molar-refractivity contribution in [1.82, 2.24) is 15.1 Å². The highest BCUT2D eigenvalue weighted by Gasteiger charge is 2.27. The van der Waals surface area contributed by atoms with Crippen LogP contribution >= 0.6 is 0 Å². The van der Waals surface area contributed by atoms with Gasteiger partial charge in [0.1, 0.15) is 0 Å². The smallest absolute Gasteiger partial charge is 0.244 e. The molecule has 0 atom stereocenters. The van der Waals surface area contributed by atoms with Crippen LogP contribution in [0, 0.1) is 13.8 Å². The van der Waals surface area contributed by atoms with E-state index in [1.165, 1.54) is 6.08 Å². The van der Waals surface area contributed by atoms with Crippen LogP contribution in [0.3, 0.4) is 0 Å². The molecule has 0 unspecified atom stereocenters. The minimum atomic E-state index is -0.972. The summed E-state index contributed by atoms with van der Waals surface area (Å²) < 4.78 is 1.75. The zero-order chi connectivity index (χ0) is 15.3. The highest BCUT2D eigenvalue weighted by Crippen LogP contribution is 2.14. The summed E-state index contributed by atoms with van der Waals surface area (Å²) in [6.45, 7) is 5.00.